The highest BCUT2D eigenvalue weighted by atomic mass is 32.2. The van der Waals surface area contributed by atoms with Gasteiger partial charge in [0, 0.05) is 23.8 Å². The Hall–Kier alpha value is -3.85. The number of aliphatic imine (C=N–C) groups is 1. The number of carbonyl (C=O) groups is 1. The largest absolute Gasteiger partial charge is 0.494 e. The van der Waals surface area contributed by atoms with Crippen molar-refractivity contribution in [2.75, 3.05) is 7.11 Å². The van der Waals surface area contributed by atoms with Crippen molar-refractivity contribution in [3.8, 4) is 17.1 Å². The van der Waals surface area contributed by atoms with Crippen molar-refractivity contribution in [3.63, 3.8) is 0 Å². The molecule has 8 nitrogen and oxygen atoms in total. The lowest BCUT2D eigenvalue weighted by Crippen LogP contribution is -2.19. The highest BCUT2D eigenvalue weighted by Gasteiger charge is 2.25. The third-order valence-corrected chi connectivity index (χ3v) is 5.71. The van der Waals surface area contributed by atoms with Crippen LogP contribution in [0.25, 0.3) is 17.4 Å². The van der Waals surface area contributed by atoms with Gasteiger partial charge in [0.25, 0.3) is 11.6 Å². The van der Waals surface area contributed by atoms with Crippen LogP contribution in [0.2, 0.25) is 0 Å². The number of benzene rings is 2. The first-order chi connectivity index (χ1) is 15.3. The fourth-order valence-corrected chi connectivity index (χ4v) is 3.99. The number of rotatable bonds is 5. The predicted molar refractivity (Wildman–Crippen MR) is 124 cm³/mol. The normalized spacial score (nSPS) is 15.9. The van der Waals surface area contributed by atoms with Crippen LogP contribution in [0, 0.1) is 24.0 Å². The molecular formula is C23H19N3O5S. The first kappa shape index (κ1) is 21.4. The van der Waals surface area contributed by atoms with Gasteiger partial charge in [0.1, 0.15) is 23.0 Å². The third kappa shape index (κ3) is 4.42. The average molecular weight is 449 g/mol. The van der Waals surface area contributed by atoms with Crippen LogP contribution in [-0.2, 0) is 4.79 Å². The lowest BCUT2D eigenvalue weighted by Gasteiger charge is -2.05. The molecule has 0 spiro atoms. The van der Waals surface area contributed by atoms with E-state index in [1.165, 1.54) is 23.9 Å². The SMILES string of the molecule is COc1ccc(C)cc1N=C1NC(=O)/C(=C/c2ccc(-c3cc([N+](=O)[O-])ccc3C)o2)S1. The molecule has 1 amide bonds. The summed E-state index contributed by atoms with van der Waals surface area (Å²) in [6.07, 6.45) is 1.62. The fourth-order valence-electron chi connectivity index (χ4n) is 3.17. The van der Waals surface area contributed by atoms with E-state index >= 15 is 0 Å². The van der Waals surface area contributed by atoms with Crippen LogP contribution in [-0.4, -0.2) is 23.1 Å². The Bertz CT molecular complexity index is 1290. The molecule has 0 atom stereocenters. The second-order valence-electron chi connectivity index (χ2n) is 7.12. The van der Waals surface area contributed by atoms with Gasteiger partial charge in [-0.1, -0.05) is 12.1 Å². The van der Waals surface area contributed by atoms with Crippen molar-refractivity contribution in [2.45, 2.75) is 13.8 Å². The summed E-state index contributed by atoms with van der Waals surface area (Å²) in [7, 11) is 1.57. The highest BCUT2D eigenvalue weighted by molar-refractivity contribution is 8.18. The maximum absolute atomic E-state index is 12.4. The molecule has 1 N–H and O–H groups in total. The average Bonchev–Trinajstić information content (AvgIpc) is 3.35. The summed E-state index contributed by atoms with van der Waals surface area (Å²) in [6.45, 7) is 3.80. The lowest BCUT2D eigenvalue weighted by atomic mass is 10.1. The zero-order valence-electron chi connectivity index (χ0n) is 17.5. The predicted octanol–water partition coefficient (Wildman–Crippen LogP) is 5.37. The molecule has 0 aliphatic carbocycles. The third-order valence-electron chi connectivity index (χ3n) is 4.80. The van der Waals surface area contributed by atoms with Crippen molar-refractivity contribution in [1.82, 2.24) is 5.32 Å². The maximum atomic E-state index is 12.4. The number of nitro benzene ring substituents is 1. The van der Waals surface area contributed by atoms with Gasteiger partial charge in [0.15, 0.2) is 5.17 Å². The van der Waals surface area contributed by atoms with Gasteiger partial charge in [-0.2, -0.15) is 0 Å². The Labute approximate surface area is 188 Å². The van der Waals surface area contributed by atoms with Crippen molar-refractivity contribution in [1.29, 1.82) is 0 Å². The Kier molecular flexibility index (Phi) is 5.83. The molecule has 1 saturated heterocycles. The first-order valence-corrected chi connectivity index (χ1v) is 10.4. The summed E-state index contributed by atoms with van der Waals surface area (Å²) in [5.74, 6) is 1.26. The van der Waals surface area contributed by atoms with Crippen molar-refractivity contribution in [2.24, 2.45) is 4.99 Å². The summed E-state index contributed by atoms with van der Waals surface area (Å²) < 4.78 is 11.2. The van der Waals surface area contributed by atoms with Gasteiger partial charge in [-0.3, -0.25) is 14.9 Å². The van der Waals surface area contributed by atoms with E-state index in [1.807, 2.05) is 32.0 Å². The number of nitro groups is 1. The Morgan fingerprint density at radius 2 is 1.97 bits per heavy atom. The number of ether oxygens (including phenoxy) is 1. The van der Waals surface area contributed by atoms with Crippen molar-refractivity contribution < 1.29 is 18.9 Å². The Morgan fingerprint density at radius 3 is 2.72 bits per heavy atom. The number of furan rings is 1. The molecule has 2 heterocycles. The first-order valence-electron chi connectivity index (χ1n) is 9.63. The van der Waals surface area contributed by atoms with Crippen LogP contribution in [0.5, 0.6) is 5.75 Å². The lowest BCUT2D eigenvalue weighted by molar-refractivity contribution is -0.384. The minimum absolute atomic E-state index is 0.0138. The number of non-ortho nitro benzene ring substituents is 1. The van der Waals surface area contributed by atoms with E-state index in [4.69, 9.17) is 9.15 Å². The van der Waals surface area contributed by atoms with Gasteiger partial charge in [-0.25, -0.2) is 4.99 Å². The molecule has 0 radical (unpaired) electrons. The standard InChI is InChI=1S/C23H19N3O5S/c1-13-4-8-20(30-3)18(10-13)24-23-25-22(27)21(32-23)12-16-7-9-19(31-16)17-11-15(26(28)29)6-5-14(17)2/h4-12H,1-3H3,(H,24,25,27)/b21-12-. The summed E-state index contributed by atoms with van der Waals surface area (Å²) in [5, 5.41) is 14.3. The Balaban J connectivity index is 1.59. The molecule has 0 bridgehead atoms. The highest BCUT2D eigenvalue weighted by Crippen LogP contribution is 2.34. The molecule has 1 fully saturated rings. The number of carbonyl (C=O) groups excluding carboxylic acids is 1. The van der Waals surface area contributed by atoms with Gasteiger partial charge in [-0.05, 0) is 61.0 Å². The molecule has 9 heteroatoms. The quantitative estimate of drug-likeness (QED) is 0.319. The Morgan fingerprint density at radius 1 is 1.16 bits per heavy atom. The van der Waals surface area contributed by atoms with Crippen LogP contribution in [0.3, 0.4) is 0 Å². The van der Waals surface area contributed by atoms with E-state index in [9.17, 15) is 14.9 Å². The zero-order chi connectivity index (χ0) is 22.8. The summed E-state index contributed by atoms with van der Waals surface area (Å²) in [4.78, 5) is 28.0. The minimum Gasteiger partial charge on any atom is -0.494 e. The van der Waals surface area contributed by atoms with E-state index in [-0.39, 0.29) is 11.6 Å². The molecular weight excluding hydrogens is 430 g/mol. The van der Waals surface area contributed by atoms with E-state index < -0.39 is 4.92 Å². The number of methoxy groups -OCH3 is 1. The monoisotopic (exact) mass is 449 g/mol. The number of hydrogen-bond acceptors (Lipinski definition) is 7. The number of hydrogen-bond donors (Lipinski definition) is 1. The smallest absolute Gasteiger partial charge is 0.270 e. The molecule has 1 aromatic heterocycles. The molecule has 162 valence electrons. The summed E-state index contributed by atoms with van der Waals surface area (Å²) in [5.41, 5.74) is 3.10. The number of nitrogens with zero attached hydrogens (tertiary/aromatic N) is 2. The number of amidine groups is 1. The molecule has 4 rings (SSSR count). The molecule has 3 aromatic rings. The molecule has 1 aliphatic heterocycles. The van der Waals surface area contributed by atoms with E-state index in [0.29, 0.717) is 38.6 Å². The minimum atomic E-state index is -0.446. The number of nitrogens with one attached hydrogen (secondary N) is 1. The molecule has 2 aromatic carbocycles. The number of aryl methyl sites for hydroxylation is 2. The van der Waals surface area contributed by atoms with E-state index in [2.05, 4.69) is 10.3 Å². The van der Waals surface area contributed by atoms with Gasteiger partial charge in [-0.15, -0.1) is 0 Å². The second-order valence-corrected chi connectivity index (χ2v) is 8.15. The van der Waals surface area contributed by atoms with Gasteiger partial charge in [0.05, 0.1) is 16.9 Å². The van der Waals surface area contributed by atoms with E-state index in [0.717, 1.165) is 11.1 Å². The van der Waals surface area contributed by atoms with Crippen molar-refractivity contribution >= 4 is 40.3 Å². The fraction of sp³-hybridized carbons (Fsp3) is 0.130. The van der Waals surface area contributed by atoms with Crippen LogP contribution in [0.1, 0.15) is 16.9 Å². The zero-order valence-corrected chi connectivity index (χ0v) is 18.4. The summed E-state index contributed by atoms with van der Waals surface area (Å²) >= 11 is 1.19. The van der Waals surface area contributed by atoms with Crippen LogP contribution in [0.4, 0.5) is 11.4 Å². The second kappa shape index (κ2) is 8.72. The topological polar surface area (TPSA) is 107 Å². The molecule has 0 saturated carbocycles. The van der Waals surface area contributed by atoms with Crippen molar-refractivity contribution in [3.05, 3.63) is 80.4 Å². The van der Waals surface area contributed by atoms with Gasteiger partial charge >= 0.3 is 0 Å². The van der Waals surface area contributed by atoms with Crippen LogP contribution in [0.15, 0.2) is 62.8 Å². The van der Waals surface area contributed by atoms with E-state index in [1.54, 1.807) is 31.4 Å². The van der Waals surface area contributed by atoms with Gasteiger partial charge < -0.3 is 14.5 Å². The van der Waals surface area contributed by atoms with Crippen LogP contribution < -0.4 is 10.1 Å². The van der Waals surface area contributed by atoms with Crippen LogP contribution >= 0.6 is 11.8 Å². The van der Waals surface area contributed by atoms with Gasteiger partial charge in [0.2, 0.25) is 0 Å². The molecule has 0 unspecified atom stereocenters. The maximum Gasteiger partial charge on any atom is 0.270 e. The number of amides is 1. The molecule has 1 aliphatic rings. The number of thioether (sulfide) groups is 1. The molecule has 32 heavy (non-hydrogen) atoms. The summed E-state index contributed by atoms with van der Waals surface area (Å²) in [6, 6.07) is 13.7.